The van der Waals surface area contributed by atoms with E-state index in [2.05, 4.69) is 6.08 Å². The topological polar surface area (TPSA) is 35.5 Å². The summed E-state index contributed by atoms with van der Waals surface area (Å²) in [7, 11) is 0. The van der Waals surface area contributed by atoms with Gasteiger partial charge in [0, 0.05) is 0 Å². The molecule has 0 N–H and O–H groups in total. The van der Waals surface area contributed by atoms with Gasteiger partial charge in [-0.1, -0.05) is 18.1 Å². The second-order valence-corrected chi connectivity index (χ2v) is 3.74. The molecule has 0 saturated heterocycles. The van der Waals surface area contributed by atoms with E-state index in [4.69, 9.17) is 9.47 Å². The zero-order chi connectivity index (χ0) is 10.9. The Morgan fingerprint density at radius 1 is 1.33 bits per heavy atom. The van der Waals surface area contributed by atoms with Gasteiger partial charge in [0.2, 0.25) is 0 Å². The van der Waals surface area contributed by atoms with E-state index in [9.17, 15) is 4.79 Å². The molecule has 0 aromatic rings. The molecule has 1 fully saturated rings. The smallest absolute Gasteiger partial charge is 0.332 e. The molecule has 1 rings (SSSR count). The normalized spacial score (nSPS) is 16.2. The Hall–Kier alpha value is -0.830. The zero-order valence-electron chi connectivity index (χ0n) is 9.46. The Morgan fingerprint density at radius 3 is 2.73 bits per heavy atom. The highest BCUT2D eigenvalue weighted by Crippen LogP contribution is 2.22. The molecule has 3 nitrogen and oxygen atoms in total. The molecule has 86 valence electrons. The van der Waals surface area contributed by atoms with Gasteiger partial charge in [-0.25, -0.2) is 4.79 Å². The Kier molecular flexibility index (Phi) is 6.09. The molecular weight excluding hydrogens is 192 g/mol. The van der Waals surface area contributed by atoms with Gasteiger partial charge in [-0.3, -0.25) is 0 Å². The molecular formula is C12H20O3. The lowest BCUT2D eigenvalue weighted by atomic mass is 9.95. The second-order valence-electron chi connectivity index (χ2n) is 3.74. The van der Waals surface area contributed by atoms with E-state index in [1.54, 1.807) is 6.92 Å². The predicted molar refractivity (Wildman–Crippen MR) is 58.6 cm³/mol. The molecule has 0 aromatic heterocycles. The van der Waals surface area contributed by atoms with Crippen LogP contribution in [0.25, 0.3) is 0 Å². The van der Waals surface area contributed by atoms with E-state index in [0.717, 1.165) is 0 Å². The molecule has 15 heavy (non-hydrogen) atoms. The van der Waals surface area contributed by atoms with Crippen LogP contribution in [0.4, 0.5) is 0 Å². The van der Waals surface area contributed by atoms with Crippen LogP contribution in [-0.4, -0.2) is 25.8 Å². The fourth-order valence-electron chi connectivity index (χ4n) is 1.73. The van der Waals surface area contributed by atoms with Gasteiger partial charge in [-0.05, 0) is 32.6 Å². The van der Waals surface area contributed by atoms with Gasteiger partial charge >= 0.3 is 5.97 Å². The quantitative estimate of drug-likeness (QED) is 0.399. The average Bonchev–Trinajstić information content (AvgIpc) is 2.26. The maximum atomic E-state index is 10.9. The Morgan fingerprint density at radius 2 is 2.07 bits per heavy atom. The Bertz CT molecular complexity index is 213. The lowest BCUT2D eigenvalue weighted by Crippen LogP contribution is -2.12. The van der Waals surface area contributed by atoms with Crippen molar-refractivity contribution in [3.05, 3.63) is 11.6 Å². The summed E-state index contributed by atoms with van der Waals surface area (Å²) in [6.45, 7) is 2.82. The third-order valence-corrected chi connectivity index (χ3v) is 2.51. The van der Waals surface area contributed by atoms with Gasteiger partial charge in [0.05, 0.1) is 13.2 Å². The summed E-state index contributed by atoms with van der Waals surface area (Å²) in [4.78, 5) is 10.9. The number of rotatable bonds is 5. The molecule has 0 radical (unpaired) electrons. The van der Waals surface area contributed by atoms with Crippen LogP contribution in [-0.2, 0) is 14.3 Å². The zero-order valence-corrected chi connectivity index (χ0v) is 9.46. The van der Waals surface area contributed by atoms with Crippen LogP contribution in [0.15, 0.2) is 11.6 Å². The lowest BCUT2D eigenvalue weighted by Gasteiger charge is -2.13. The lowest BCUT2D eigenvalue weighted by molar-refractivity contribution is -0.147. The second kappa shape index (κ2) is 7.46. The first kappa shape index (κ1) is 12.2. The van der Waals surface area contributed by atoms with Crippen molar-refractivity contribution in [2.45, 2.75) is 39.0 Å². The van der Waals surface area contributed by atoms with E-state index < -0.39 is 0 Å². The monoisotopic (exact) mass is 212 g/mol. The maximum absolute atomic E-state index is 10.9. The molecule has 0 atom stereocenters. The van der Waals surface area contributed by atoms with Crippen molar-refractivity contribution in [3.63, 3.8) is 0 Å². The van der Waals surface area contributed by atoms with E-state index in [1.807, 2.05) is 0 Å². The molecule has 0 bridgehead atoms. The summed E-state index contributed by atoms with van der Waals surface area (Å²) in [5.41, 5.74) is 1.48. The summed E-state index contributed by atoms with van der Waals surface area (Å²) in [5, 5.41) is 0. The minimum atomic E-state index is -0.278. The van der Waals surface area contributed by atoms with Crippen molar-refractivity contribution < 1.29 is 14.3 Å². The first-order valence-electron chi connectivity index (χ1n) is 5.74. The van der Waals surface area contributed by atoms with Crippen molar-refractivity contribution >= 4 is 5.97 Å². The largest absolute Gasteiger partial charge is 0.464 e. The SMILES string of the molecule is CCOC(=O)COCC=C1CCCCC1. The Balaban J connectivity index is 2.06. The molecule has 0 spiro atoms. The van der Waals surface area contributed by atoms with Crippen LogP contribution in [0.5, 0.6) is 0 Å². The van der Waals surface area contributed by atoms with Gasteiger partial charge < -0.3 is 9.47 Å². The molecule has 3 heteroatoms. The number of carbonyl (C=O) groups is 1. The molecule has 1 aliphatic rings. The summed E-state index contributed by atoms with van der Waals surface area (Å²) >= 11 is 0. The highest BCUT2D eigenvalue weighted by molar-refractivity contribution is 5.70. The van der Waals surface area contributed by atoms with Gasteiger partial charge in [-0.15, -0.1) is 0 Å². The fraction of sp³-hybridized carbons (Fsp3) is 0.750. The molecule has 0 heterocycles. The summed E-state index contributed by atoms with van der Waals surface area (Å²) < 4.78 is 9.95. The number of allylic oxidation sites excluding steroid dienone is 1. The molecule has 1 saturated carbocycles. The first-order valence-corrected chi connectivity index (χ1v) is 5.74. The average molecular weight is 212 g/mol. The standard InChI is InChI=1S/C12H20O3/c1-2-15-12(13)10-14-9-8-11-6-4-3-5-7-11/h8H,2-7,9-10H2,1H3. The molecule has 0 amide bonds. The number of hydrogen-bond acceptors (Lipinski definition) is 3. The highest BCUT2D eigenvalue weighted by atomic mass is 16.6. The van der Waals surface area contributed by atoms with Gasteiger partial charge in [0.25, 0.3) is 0 Å². The summed E-state index contributed by atoms with van der Waals surface area (Å²) in [6.07, 6.45) is 8.44. The van der Waals surface area contributed by atoms with Crippen molar-refractivity contribution in [3.8, 4) is 0 Å². The molecule has 0 unspecified atom stereocenters. The number of hydrogen-bond donors (Lipinski definition) is 0. The van der Waals surface area contributed by atoms with Gasteiger partial charge in [0.1, 0.15) is 6.61 Å². The van der Waals surface area contributed by atoms with Crippen LogP contribution in [0.1, 0.15) is 39.0 Å². The first-order chi connectivity index (χ1) is 7.33. The predicted octanol–water partition coefficient (Wildman–Crippen LogP) is 2.46. The van der Waals surface area contributed by atoms with Crippen molar-refractivity contribution in [2.24, 2.45) is 0 Å². The minimum absolute atomic E-state index is 0.0671. The minimum Gasteiger partial charge on any atom is -0.464 e. The van der Waals surface area contributed by atoms with E-state index in [-0.39, 0.29) is 12.6 Å². The third-order valence-electron chi connectivity index (χ3n) is 2.51. The third kappa shape index (κ3) is 5.57. The fourth-order valence-corrected chi connectivity index (χ4v) is 1.73. The van der Waals surface area contributed by atoms with Crippen LogP contribution in [0.3, 0.4) is 0 Å². The highest BCUT2D eigenvalue weighted by Gasteiger charge is 2.05. The summed E-state index contributed by atoms with van der Waals surface area (Å²) in [5.74, 6) is -0.278. The van der Waals surface area contributed by atoms with Crippen LogP contribution in [0.2, 0.25) is 0 Å². The van der Waals surface area contributed by atoms with Crippen molar-refractivity contribution in [2.75, 3.05) is 19.8 Å². The maximum Gasteiger partial charge on any atom is 0.332 e. The van der Waals surface area contributed by atoms with Gasteiger partial charge in [-0.2, -0.15) is 0 Å². The van der Waals surface area contributed by atoms with Crippen LogP contribution < -0.4 is 0 Å². The van der Waals surface area contributed by atoms with Crippen molar-refractivity contribution in [1.29, 1.82) is 0 Å². The van der Waals surface area contributed by atoms with Crippen molar-refractivity contribution in [1.82, 2.24) is 0 Å². The Labute approximate surface area is 91.4 Å². The van der Waals surface area contributed by atoms with E-state index >= 15 is 0 Å². The molecule has 0 aliphatic heterocycles. The molecule has 1 aliphatic carbocycles. The molecule has 0 aromatic carbocycles. The number of esters is 1. The number of ether oxygens (including phenoxy) is 2. The number of carbonyl (C=O) groups excluding carboxylic acids is 1. The summed E-state index contributed by atoms with van der Waals surface area (Å²) in [6, 6.07) is 0. The van der Waals surface area contributed by atoms with Crippen LogP contribution >= 0.6 is 0 Å². The van der Waals surface area contributed by atoms with Gasteiger partial charge in [0.15, 0.2) is 0 Å². The van der Waals surface area contributed by atoms with E-state index in [1.165, 1.54) is 37.7 Å². The van der Waals surface area contributed by atoms with Crippen LogP contribution in [0, 0.1) is 0 Å². The van der Waals surface area contributed by atoms with E-state index in [0.29, 0.717) is 13.2 Å².